The molecule has 2 aliphatic rings. The van der Waals surface area contributed by atoms with Gasteiger partial charge in [-0.1, -0.05) is 24.3 Å². The molecule has 2 aliphatic heterocycles. The summed E-state index contributed by atoms with van der Waals surface area (Å²) < 4.78 is 51.2. The Balaban J connectivity index is 0.000000406. The van der Waals surface area contributed by atoms with Crippen molar-refractivity contribution >= 4 is 17.7 Å². The van der Waals surface area contributed by atoms with Crippen molar-refractivity contribution in [2.45, 2.75) is 38.1 Å². The van der Waals surface area contributed by atoms with Crippen LogP contribution < -0.4 is 15.4 Å². The molecule has 0 unspecified atom stereocenters. The fourth-order valence-corrected chi connectivity index (χ4v) is 3.74. The number of hydrogen-bond donors (Lipinski definition) is 3. The molecule has 3 N–H and O–H groups in total. The monoisotopic (exact) mass is 483 g/mol. The molecule has 0 bridgehead atoms. The predicted molar refractivity (Wildman–Crippen MR) is 116 cm³/mol. The van der Waals surface area contributed by atoms with Gasteiger partial charge < -0.3 is 25.4 Å². The molecule has 0 spiro atoms. The van der Waals surface area contributed by atoms with Gasteiger partial charge in [0.05, 0.1) is 0 Å². The topological polar surface area (TPSA) is 90.9 Å². The van der Waals surface area contributed by atoms with Crippen LogP contribution in [-0.2, 0) is 17.8 Å². The molecule has 2 heterocycles. The number of rotatable bonds is 3. The lowest BCUT2D eigenvalue weighted by Gasteiger charge is -2.32. The van der Waals surface area contributed by atoms with Crippen molar-refractivity contribution < 1.29 is 37.0 Å². The number of carbonyl (C=O) groups excluding carboxylic acids is 1. The number of aliphatic carboxylic acids is 1. The number of benzene rings is 2. The fourth-order valence-electron chi connectivity index (χ4n) is 3.74. The Morgan fingerprint density at radius 3 is 2.41 bits per heavy atom. The van der Waals surface area contributed by atoms with Crippen molar-refractivity contribution in [1.82, 2.24) is 10.2 Å². The number of hydrogen-bond acceptors (Lipinski definition) is 4. The summed E-state index contributed by atoms with van der Waals surface area (Å²) in [6.45, 7) is 2.97. The zero-order valence-electron chi connectivity index (χ0n) is 18.2. The minimum atomic E-state index is -5.08. The Kier molecular flexibility index (Phi) is 8.32. The van der Waals surface area contributed by atoms with Crippen molar-refractivity contribution in [3.8, 4) is 5.75 Å². The molecule has 1 fully saturated rings. The summed E-state index contributed by atoms with van der Waals surface area (Å²) in [7, 11) is 0. The third-order valence-corrected chi connectivity index (χ3v) is 5.48. The molecule has 34 heavy (non-hydrogen) atoms. The number of nitrogens with one attached hydrogen (secondary N) is 2. The first kappa shape index (κ1) is 25.3. The molecular formula is C23H25F4N3O4. The largest absolute Gasteiger partial charge is 0.490 e. The number of piperidine rings is 1. The number of carbonyl (C=O) groups is 2. The van der Waals surface area contributed by atoms with Gasteiger partial charge in [0.15, 0.2) is 11.6 Å². The van der Waals surface area contributed by atoms with Gasteiger partial charge in [0.2, 0.25) is 0 Å². The van der Waals surface area contributed by atoms with E-state index in [0.29, 0.717) is 25.9 Å². The first-order chi connectivity index (χ1) is 16.1. The van der Waals surface area contributed by atoms with E-state index in [0.717, 1.165) is 25.2 Å². The SMILES string of the molecule is O=C(Nc1cccc2c1CCNC2)N1CCC(Oc2ccccc2F)CC1.O=C(O)C(F)(F)F. The van der Waals surface area contributed by atoms with Crippen LogP contribution in [-0.4, -0.2) is 53.9 Å². The van der Waals surface area contributed by atoms with Crippen molar-refractivity contribution in [3.63, 3.8) is 0 Å². The van der Waals surface area contributed by atoms with E-state index in [1.54, 1.807) is 18.2 Å². The number of para-hydroxylation sites is 1. The third-order valence-electron chi connectivity index (χ3n) is 5.48. The first-order valence-electron chi connectivity index (χ1n) is 10.7. The van der Waals surface area contributed by atoms with Crippen LogP contribution in [0.2, 0.25) is 0 Å². The van der Waals surface area contributed by atoms with E-state index in [4.69, 9.17) is 14.6 Å². The minimum Gasteiger partial charge on any atom is -0.487 e. The van der Waals surface area contributed by atoms with E-state index in [2.05, 4.69) is 16.7 Å². The highest BCUT2D eigenvalue weighted by Crippen LogP contribution is 2.25. The molecule has 2 amide bonds. The standard InChI is InChI=1S/C21H24FN3O2.C2HF3O2/c22-18-5-1-2-7-20(18)27-16-9-12-25(13-10-16)21(26)24-19-6-3-4-15-14-23-11-8-17(15)19;3-2(4,5)1(6)7/h1-7,16,23H,8-14H2,(H,24,26);(H,6,7). The highest BCUT2D eigenvalue weighted by atomic mass is 19.4. The van der Waals surface area contributed by atoms with Crippen molar-refractivity contribution in [1.29, 1.82) is 0 Å². The van der Waals surface area contributed by atoms with Crippen LogP contribution >= 0.6 is 0 Å². The van der Waals surface area contributed by atoms with Gasteiger partial charge in [0.1, 0.15) is 6.10 Å². The first-order valence-corrected chi connectivity index (χ1v) is 10.7. The lowest BCUT2D eigenvalue weighted by atomic mass is 9.99. The predicted octanol–water partition coefficient (Wildman–Crippen LogP) is 4.18. The Labute approximate surface area is 193 Å². The second-order valence-electron chi connectivity index (χ2n) is 7.84. The third kappa shape index (κ3) is 6.83. The number of carboxylic acids is 1. The summed E-state index contributed by atoms with van der Waals surface area (Å²) in [5, 5.41) is 13.5. The number of nitrogens with zero attached hydrogens (tertiary/aromatic N) is 1. The second kappa shape index (κ2) is 11.2. The van der Waals surface area contributed by atoms with Gasteiger partial charge in [-0.15, -0.1) is 0 Å². The summed E-state index contributed by atoms with van der Waals surface area (Å²) in [5.41, 5.74) is 3.38. The van der Waals surface area contributed by atoms with Crippen LogP contribution in [0.1, 0.15) is 24.0 Å². The van der Waals surface area contributed by atoms with E-state index in [1.807, 2.05) is 17.0 Å². The molecule has 2 aromatic rings. The summed E-state index contributed by atoms with van der Waals surface area (Å²) in [6.07, 6.45) is -2.84. The molecule has 0 radical (unpaired) electrons. The number of halogens is 4. The number of anilines is 1. The molecule has 0 aromatic heterocycles. The van der Waals surface area contributed by atoms with Gasteiger partial charge in [0.25, 0.3) is 0 Å². The quantitative estimate of drug-likeness (QED) is 0.570. The summed E-state index contributed by atoms with van der Waals surface area (Å²) in [5.74, 6) is -2.82. The molecule has 0 aliphatic carbocycles. The van der Waals surface area contributed by atoms with Crippen LogP contribution in [0.5, 0.6) is 5.75 Å². The molecule has 4 rings (SSSR count). The van der Waals surface area contributed by atoms with Gasteiger partial charge in [-0.3, -0.25) is 0 Å². The van der Waals surface area contributed by atoms with Gasteiger partial charge in [-0.05, 0) is 42.3 Å². The molecule has 11 heteroatoms. The zero-order valence-corrected chi connectivity index (χ0v) is 18.2. The Hall–Kier alpha value is -3.34. The number of ether oxygens (including phenoxy) is 1. The maximum absolute atomic E-state index is 13.7. The molecular weight excluding hydrogens is 458 g/mol. The highest BCUT2D eigenvalue weighted by molar-refractivity contribution is 5.90. The molecule has 0 saturated carbocycles. The maximum atomic E-state index is 13.7. The number of urea groups is 1. The fraction of sp³-hybridized carbons (Fsp3) is 0.391. The number of carboxylic acid groups (broad SMARTS) is 1. The lowest BCUT2D eigenvalue weighted by Crippen LogP contribution is -2.44. The Morgan fingerprint density at radius 1 is 1.09 bits per heavy atom. The Morgan fingerprint density at radius 2 is 1.76 bits per heavy atom. The Bertz CT molecular complexity index is 1010. The molecule has 184 valence electrons. The van der Waals surface area contributed by atoms with Crippen molar-refractivity contribution in [3.05, 3.63) is 59.4 Å². The zero-order chi connectivity index (χ0) is 24.7. The number of alkyl halides is 3. The van der Waals surface area contributed by atoms with E-state index in [9.17, 15) is 22.4 Å². The van der Waals surface area contributed by atoms with Gasteiger partial charge in [-0.25, -0.2) is 14.0 Å². The number of likely N-dealkylation sites (tertiary alicyclic amines) is 1. The van der Waals surface area contributed by atoms with Gasteiger partial charge >= 0.3 is 18.2 Å². The maximum Gasteiger partial charge on any atom is 0.490 e. The van der Waals surface area contributed by atoms with Crippen molar-refractivity contribution in [2.75, 3.05) is 25.0 Å². The molecule has 0 atom stereocenters. The molecule has 7 nitrogen and oxygen atoms in total. The van der Waals surface area contributed by atoms with Crippen LogP contribution in [0, 0.1) is 5.82 Å². The smallest absolute Gasteiger partial charge is 0.487 e. The lowest BCUT2D eigenvalue weighted by molar-refractivity contribution is -0.192. The average molecular weight is 483 g/mol. The average Bonchev–Trinajstić information content (AvgIpc) is 2.81. The van der Waals surface area contributed by atoms with E-state index < -0.39 is 12.1 Å². The van der Waals surface area contributed by atoms with E-state index >= 15 is 0 Å². The van der Waals surface area contributed by atoms with E-state index in [-0.39, 0.29) is 23.7 Å². The van der Waals surface area contributed by atoms with Crippen LogP contribution in [0.4, 0.5) is 28.0 Å². The molecule has 2 aromatic carbocycles. The number of fused-ring (bicyclic) bond motifs is 1. The van der Waals surface area contributed by atoms with Crippen LogP contribution in [0.15, 0.2) is 42.5 Å². The summed E-state index contributed by atoms with van der Waals surface area (Å²) in [4.78, 5) is 23.4. The highest BCUT2D eigenvalue weighted by Gasteiger charge is 2.38. The molecule has 1 saturated heterocycles. The van der Waals surface area contributed by atoms with Crippen LogP contribution in [0.25, 0.3) is 0 Å². The normalized spacial score (nSPS) is 16.1. The minimum absolute atomic E-state index is 0.0680. The second-order valence-corrected chi connectivity index (χ2v) is 7.84. The van der Waals surface area contributed by atoms with Crippen molar-refractivity contribution in [2.24, 2.45) is 0 Å². The van der Waals surface area contributed by atoms with Crippen LogP contribution in [0.3, 0.4) is 0 Å². The van der Waals surface area contributed by atoms with Gasteiger partial charge in [0, 0.05) is 38.2 Å². The summed E-state index contributed by atoms with van der Waals surface area (Å²) in [6, 6.07) is 12.4. The number of amides is 2. The summed E-state index contributed by atoms with van der Waals surface area (Å²) >= 11 is 0. The van der Waals surface area contributed by atoms with Gasteiger partial charge in [-0.2, -0.15) is 13.2 Å². The van der Waals surface area contributed by atoms with E-state index in [1.165, 1.54) is 17.2 Å².